The number of nitrogens with zero attached hydrogens (tertiary/aromatic N) is 2. The zero-order valence-electron chi connectivity index (χ0n) is 13.2. The van der Waals surface area contributed by atoms with Crippen molar-refractivity contribution in [3.8, 4) is 0 Å². The van der Waals surface area contributed by atoms with E-state index < -0.39 is 0 Å². The van der Waals surface area contributed by atoms with E-state index in [1.807, 2.05) is 0 Å². The van der Waals surface area contributed by atoms with Crippen molar-refractivity contribution < 1.29 is 10.3 Å². The van der Waals surface area contributed by atoms with Crippen LogP contribution in [-0.2, 0) is 0 Å². The van der Waals surface area contributed by atoms with Crippen LogP contribution in [0.1, 0.15) is 19.3 Å². The molecule has 0 amide bonds. The van der Waals surface area contributed by atoms with Crippen molar-refractivity contribution in [3.05, 3.63) is 0 Å². The van der Waals surface area contributed by atoms with E-state index in [1.54, 1.807) is 0 Å². The average molecular weight is 303 g/mol. The maximum atomic E-state index is 9.10. The minimum Gasteiger partial charge on any atom is -0.395 e. The first-order valence-corrected chi connectivity index (χ1v) is 8.20. The highest BCUT2D eigenvalue weighted by Gasteiger charge is 2.06. The van der Waals surface area contributed by atoms with Crippen LogP contribution in [0.4, 0.5) is 0 Å². The maximum Gasteiger partial charge on any atom is 0.0723 e. The fourth-order valence-corrected chi connectivity index (χ4v) is 2.62. The van der Waals surface area contributed by atoms with E-state index >= 15 is 0 Å². The standard InChI is InChI=1S/C14H33N5O2/c20-13-12-18-8-1-4-15-5-3-10-19(14-17-21)11-7-16-6-2-9-18/h15-17,20-21H,1-14H2. The second kappa shape index (κ2) is 13.4. The molecule has 1 heterocycles. The summed E-state index contributed by atoms with van der Waals surface area (Å²) in [7, 11) is 0. The molecule has 0 bridgehead atoms. The largest absolute Gasteiger partial charge is 0.395 e. The van der Waals surface area contributed by atoms with Gasteiger partial charge in [-0.05, 0) is 52.0 Å². The number of aliphatic hydroxyl groups is 1. The number of hydroxylamine groups is 1. The molecular weight excluding hydrogens is 270 g/mol. The molecule has 0 atom stereocenters. The summed E-state index contributed by atoms with van der Waals surface area (Å²) in [6.45, 7) is 9.52. The van der Waals surface area contributed by atoms with Crippen molar-refractivity contribution in [1.82, 2.24) is 25.9 Å². The minimum absolute atomic E-state index is 0.240. The summed E-state index contributed by atoms with van der Waals surface area (Å²) in [6, 6.07) is 0. The Kier molecular flexibility index (Phi) is 12.0. The summed E-state index contributed by atoms with van der Waals surface area (Å²) in [5, 5.41) is 24.9. The molecule has 126 valence electrons. The van der Waals surface area contributed by atoms with E-state index in [9.17, 15) is 0 Å². The zero-order valence-corrected chi connectivity index (χ0v) is 13.2. The highest BCUT2D eigenvalue weighted by Crippen LogP contribution is 1.95. The van der Waals surface area contributed by atoms with Gasteiger partial charge in [0.1, 0.15) is 0 Å². The van der Waals surface area contributed by atoms with Crippen molar-refractivity contribution in [2.75, 3.05) is 72.2 Å². The topological polar surface area (TPSA) is 83.0 Å². The zero-order chi connectivity index (χ0) is 15.2. The molecule has 1 aliphatic heterocycles. The second-order valence-corrected chi connectivity index (χ2v) is 5.56. The van der Waals surface area contributed by atoms with Crippen LogP contribution in [0, 0.1) is 0 Å². The maximum absolute atomic E-state index is 9.10. The van der Waals surface area contributed by atoms with Crippen molar-refractivity contribution >= 4 is 0 Å². The Bertz CT molecular complexity index is 211. The normalized spacial score (nSPS) is 22.6. The van der Waals surface area contributed by atoms with Crippen molar-refractivity contribution in [2.24, 2.45) is 0 Å². The van der Waals surface area contributed by atoms with E-state index in [4.69, 9.17) is 10.3 Å². The summed E-state index contributed by atoms with van der Waals surface area (Å²) >= 11 is 0. The molecule has 1 fully saturated rings. The fourth-order valence-electron chi connectivity index (χ4n) is 2.62. The third-order valence-electron chi connectivity index (χ3n) is 3.80. The lowest BCUT2D eigenvalue weighted by Crippen LogP contribution is -2.39. The van der Waals surface area contributed by atoms with Crippen molar-refractivity contribution in [2.45, 2.75) is 19.3 Å². The van der Waals surface area contributed by atoms with E-state index in [0.29, 0.717) is 6.67 Å². The van der Waals surface area contributed by atoms with Crippen molar-refractivity contribution in [3.63, 3.8) is 0 Å². The number of nitrogens with one attached hydrogen (secondary N) is 3. The van der Waals surface area contributed by atoms with E-state index in [-0.39, 0.29) is 6.61 Å². The third-order valence-corrected chi connectivity index (χ3v) is 3.80. The minimum atomic E-state index is 0.240. The van der Waals surface area contributed by atoms with Gasteiger partial charge in [0.2, 0.25) is 0 Å². The molecule has 7 heteroatoms. The summed E-state index contributed by atoms with van der Waals surface area (Å²) < 4.78 is 0. The van der Waals surface area contributed by atoms with Gasteiger partial charge in [-0.3, -0.25) is 4.90 Å². The SMILES string of the molecule is OCCN1CCCNCCCN(CNO)CCNCCC1. The highest BCUT2D eigenvalue weighted by molar-refractivity contribution is 4.64. The molecule has 21 heavy (non-hydrogen) atoms. The molecule has 1 saturated heterocycles. The van der Waals surface area contributed by atoms with E-state index in [0.717, 1.165) is 78.2 Å². The first kappa shape index (κ1) is 18.8. The number of hydrogen-bond donors (Lipinski definition) is 5. The molecule has 0 spiro atoms. The number of rotatable bonds is 4. The van der Waals surface area contributed by atoms with E-state index in [1.165, 1.54) is 0 Å². The van der Waals surface area contributed by atoms with Gasteiger partial charge in [0.25, 0.3) is 0 Å². The quantitative estimate of drug-likeness (QED) is 0.421. The van der Waals surface area contributed by atoms with Crippen LogP contribution in [0.2, 0.25) is 0 Å². The summed E-state index contributed by atoms with van der Waals surface area (Å²) in [5.41, 5.74) is 2.25. The van der Waals surface area contributed by atoms with E-state index in [2.05, 4.69) is 25.9 Å². The van der Waals surface area contributed by atoms with Crippen LogP contribution >= 0.6 is 0 Å². The molecule has 0 unspecified atom stereocenters. The van der Waals surface area contributed by atoms with Gasteiger partial charge >= 0.3 is 0 Å². The molecule has 0 aromatic carbocycles. The second-order valence-electron chi connectivity index (χ2n) is 5.56. The molecule has 1 aliphatic rings. The average Bonchev–Trinajstić information content (AvgIpc) is 2.49. The molecule has 7 nitrogen and oxygen atoms in total. The van der Waals surface area contributed by atoms with Crippen molar-refractivity contribution in [1.29, 1.82) is 0 Å². The molecule has 0 radical (unpaired) electrons. The Morgan fingerprint density at radius 3 is 1.95 bits per heavy atom. The Morgan fingerprint density at radius 1 is 0.810 bits per heavy atom. The van der Waals surface area contributed by atoms with Gasteiger partial charge < -0.3 is 25.8 Å². The first-order valence-electron chi connectivity index (χ1n) is 8.20. The number of aliphatic hydroxyl groups excluding tert-OH is 1. The van der Waals surface area contributed by atoms with Gasteiger partial charge in [0.15, 0.2) is 0 Å². The van der Waals surface area contributed by atoms with Crippen LogP contribution in [0.25, 0.3) is 0 Å². The predicted octanol–water partition coefficient (Wildman–Crippen LogP) is -1.12. The smallest absolute Gasteiger partial charge is 0.0723 e. The molecule has 0 aromatic rings. The van der Waals surface area contributed by atoms with Gasteiger partial charge in [0, 0.05) is 26.2 Å². The lowest BCUT2D eigenvalue weighted by molar-refractivity contribution is 0.0972. The van der Waals surface area contributed by atoms with Gasteiger partial charge in [-0.2, -0.15) is 5.48 Å². The lowest BCUT2D eigenvalue weighted by Gasteiger charge is -2.22. The third kappa shape index (κ3) is 10.1. The molecular formula is C14H33N5O2. The Balaban J connectivity index is 2.31. The van der Waals surface area contributed by atoms with Crippen LogP contribution in [0.5, 0.6) is 0 Å². The Labute approximate surface area is 128 Å². The number of hydrogen-bond acceptors (Lipinski definition) is 7. The van der Waals surface area contributed by atoms with Gasteiger partial charge in [0.05, 0.1) is 13.3 Å². The molecule has 1 rings (SSSR count). The summed E-state index contributed by atoms with van der Waals surface area (Å²) in [5.74, 6) is 0. The van der Waals surface area contributed by atoms with Crippen LogP contribution in [-0.4, -0.2) is 92.3 Å². The van der Waals surface area contributed by atoms with Gasteiger partial charge in [-0.1, -0.05) is 0 Å². The first-order chi connectivity index (χ1) is 10.4. The Hall–Kier alpha value is -0.280. The fraction of sp³-hybridized carbons (Fsp3) is 1.00. The molecule has 0 aliphatic carbocycles. The Morgan fingerprint density at radius 2 is 1.38 bits per heavy atom. The molecule has 5 N–H and O–H groups in total. The van der Waals surface area contributed by atoms with Crippen LogP contribution in [0.3, 0.4) is 0 Å². The molecule has 0 aromatic heterocycles. The predicted molar refractivity (Wildman–Crippen MR) is 84.5 cm³/mol. The van der Waals surface area contributed by atoms with Crippen LogP contribution in [0.15, 0.2) is 0 Å². The van der Waals surface area contributed by atoms with Gasteiger partial charge in [-0.25, -0.2) is 0 Å². The lowest BCUT2D eigenvalue weighted by atomic mass is 10.3. The highest BCUT2D eigenvalue weighted by atomic mass is 16.5. The summed E-state index contributed by atoms with van der Waals surface area (Å²) in [6.07, 6.45) is 3.31. The number of β-amino-alcohol motifs (C(OH)–C–C–N with tert-alkyl or cyclic N) is 1. The summed E-state index contributed by atoms with van der Waals surface area (Å²) in [4.78, 5) is 4.55. The monoisotopic (exact) mass is 303 g/mol. The van der Waals surface area contributed by atoms with Gasteiger partial charge in [-0.15, -0.1) is 0 Å². The molecule has 0 saturated carbocycles. The van der Waals surface area contributed by atoms with Crippen LogP contribution < -0.4 is 16.1 Å².